The molecule has 1 fully saturated rings. The van der Waals surface area contributed by atoms with E-state index in [0.29, 0.717) is 12.5 Å². The molecule has 10 heteroatoms. The zero-order chi connectivity index (χ0) is 16.8. The Labute approximate surface area is 139 Å². The summed E-state index contributed by atoms with van der Waals surface area (Å²) in [6, 6.07) is 0.475. The normalized spacial score (nSPS) is 22.4. The highest BCUT2D eigenvalue weighted by atomic mass is 35.5. The maximum atomic E-state index is 13.0. The van der Waals surface area contributed by atoms with E-state index in [-0.39, 0.29) is 31.5 Å². The number of halogens is 4. The molecule has 1 saturated heterocycles. The van der Waals surface area contributed by atoms with Crippen molar-refractivity contribution < 1.29 is 21.6 Å². The summed E-state index contributed by atoms with van der Waals surface area (Å²) in [6.07, 6.45) is -2.68. The van der Waals surface area contributed by atoms with Gasteiger partial charge in [0.15, 0.2) is 0 Å². The lowest BCUT2D eigenvalue weighted by molar-refractivity contribution is -0.140. The van der Waals surface area contributed by atoms with Crippen molar-refractivity contribution in [1.82, 2.24) is 9.29 Å². The van der Waals surface area contributed by atoms with Crippen LogP contribution in [0.25, 0.3) is 0 Å². The van der Waals surface area contributed by atoms with E-state index in [4.69, 9.17) is 5.73 Å². The van der Waals surface area contributed by atoms with E-state index in [9.17, 15) is 21.6 Å². The minimum atomic E-state index is -4.76. The first-order chi connectivity index (χ1) is 9.96. The molecule has 132 valence electrons. The minimum absolute atomic E-state index is 0. The molecule has 1 atom stereocenters. The van der Waals surface area contributed by atoms with Crippen LogP contribution < -0.4 is 5.73 Å². The number of rotatable bonds is 2. The number of nitrogens with two attached hydrogens (primary N) is 1. The van der Waals surface area contributed by atoms with Crippen molar-refractivity contribution in [3.63, 3.8) is 0 Å². The van der Waals surface area contributed by atoms with Crippen LogP contribution in [0.2, 0.25) is 0 Å². The molecule has 0 aromatic carbocycles. The summed E-state index contributed by atoms with van der Waals surface area (Å²) in [4.78, 5) is 2.73. The molecule has 1 unspecified atom stereocenters. The zero-order valence-electron chi connectivity index (χ0n) is 12.7. The molecule has 23 heavy (non-hydrogen) atoms. The third-order valence-corrected chi connectivity index (χ3v) is 5.86. The van der Waals surface area contributed by atoms with Gasteiger partial charge >= 0.3 is 6.18 Å². The Bertz CT molecular complexity index is 665. The summed E-state index contributed by atoms with van der Waals surface area (Å²) in [5.74, 6) is 0. The predicted octanol–water partition coefficient (Wildman–Crippen LogP) is 2.27. The maximum absolute atomic E-state index is 13.0. The molecule has 1 aliphatic heterocycles. The average Bonchev–Trinajstić information content (AvgIpc) is 2.40. The standard InChI is InChI=1S/C13H18F3N3O2S.ClH/c1-12(2)8-19(6-4-11(12)17)22(20,21)10-7-18-5-3-9(10)13(14,15)16;/h3,5,7,11H,4,6,8,17H2,1-2H3;1H. The minimum Gasteiger partial charge on any atom is -0.327 e. The van der Waals surface area contributed by atoms with Crippen molar-refractivity contribution in [1.29, 1.82) is 0 Å². The average molecular weight is 374 g/mol. The number of hydrogen-bond donors (Lipinski definition) is 1. The quantitative estimate of drug-likeness (QED) is 0.862. The summed E-state index contributed by atoms with van der Waals surface area (Å²) in [7, 11) is -4.28. The Kier molecular flexibility index (Phi) is 5.73. The van der Waals surface area contributed by atoms with Crippen molar-refractivity contribution in [3.8, 4) is 0 Å². The van der Waals surface area contributed by atoms with E-state index in [1.807, 2.05) is 0 Å². The van der Waals surface area contributed by atoms with Crippen LogP contribution in [-0.4, -0.2) is 36.8 Å². The van der Waals surface area contributed by atoms with Crippen LogP contribution >= 0.6 is 12.4 Å². The van der Waals surface area contributed by atoms with Gasteiger partial charge in [0.2, 0.25) is 10.0 Å². The summed E-state index contributed by atoms with van der Waals surface area (Å²) >= 11 is 0. The van der Waals surface area contributed by atoms with Crippen LogP contribution in [0.5, 0.6) is 0 Å². The largest absolute Gasteiger partial charge is 0.417 e. The number of piperidine rings is 1. The van der Waals surface area contributed by atoms with Gasteiger partial charge < -0.3 is 5.73 Å². The van der Waals surface area contributed by atoms with Gasteiger partial charge in [-0.05, 0) is 17.9 Å². The van der Waals surface area contributed by atoms with E-state index < -0.39 is 32.1 Å². The zero-order valence-corrected chi connectivity index (χ0v) is 14.3. The molecule has 0 saturated carbocycles. The molecule has 2 heterocycles. The number of alkyl halides is 3. The smallest absolute Gasteiger partial charge is 0.327 e. The number of aromatic nitrogens is 1. The van der Waals surface area contributed by atoms with Crippen LogP contribution in [-0.2, 0) is 16.2 Å². The highest BCUT2D eigenvalue weighted by Gasteiger charge is 2.43. The van der Waals surface area contributed by atoms with Crippen LogP contribution in [0.3, 0.4) is 0 Å². The van der Waals surface area contributed by atoms with Crippen molar-refractivity contribution in [2.75, 3.05) is 13.1 Å². The highest BCUT2D eigenvalue weighted by Crippen LogP contribution is 2.37. The van der Waals surface area contributed by atoms with Crippen molar-refractivity contribution >= 4 is 22.4 Å². The van der Waals surface area contributed by atoms with Gasteiger partial charge in [0, 0.05) is 31.5 Å². The number of pyridine rings is 1. The fourth-order valence-corrected chi connectivity index (χ4v) is 4.27. The molecular formula is C13H19ClF3N3O2S. The molecule has 2 rings (SSSR count). The van der Waals surface area contributed by atoms with E-state index in [2.05, 4.69) is 4.98 Å². The lowest BCUT2D eigenvalue weighted by Crippen LogP contribution is -2.54. The molecular weight excluding hydrogens is 355 g/mol. The Morgan fingerprint density at radius 2 is 2.00 bits per heavy atom. The SMILES string of the molecule is CC1(C)CN(S(=O)(=O)c2cnccc2C(F)(F)F)CCC1N.Cl. The fraction of sp³-hybridized carbons (Fsp3) is 0.615. The summed E-state index contributed by atoms with van der Waals surface area (Å²) in [6.45, 7) is 3.77. The third-order valence-electron chi connectivity index (χ3n) is 3.98. The monoisotopic (exact) mass is 373 g/mol. The molecule has 1 aliphatic rings. The Morgan fingerprint density at radius 1 is 1.39 bits per heavy atom. The lowest BCUT2D eigenvalue weighted by atomic mass is 9.81. The molecule has 1 aromatic rings. The first-order valence-corrected chi connectivity index (χ1v) is 8.17. The molecule has 0 spiro atoms. The van der Waals surface area contributed by atoms with Gasteiger partial charge in [0.05, 0.1) is 5.56 Å². The molecule has 0 bridgehead atoms. The molecule has 5 nitrogen and oxygen atoms in total. The first-order valence-electron chi connectivity index (χ1n) is 6.73. The van der Waals surface area contributed by atoms with Crippen LogP contribution in [0.15, 0.2) is 23.4 Å². The van der Waals surface area contributed by atoms with E-state index in [1.165, 1.54) is 0 Å². The van der Waals surface area contributed by atoms with Crippen molar-refractivity contribution in [2.45, 2.75) is 37.4 Å². The molecule has 2 N–H and O–H groups in total. The molecule has 1 aromatic heterocycles. The van der Waals surface area contributed by atoms with Gasteiger partial charge in [-0.25, -0.2) is 8.42 Å². The maximum Gasteiger partial charge on any atom is 0.417 e. The summed E-state index contributed by atoms with van der Waals surface area (Å²) in [5, 5.41) is 0. The van der Waals surface area contributed by atoms with Crippen molar-refractivity contribution in [3.05, 3.63) is 24.0 Å². The predicted molar refractivity (Wildman–Crippen MR) is 81.6 cm³/mol. The van der Waals surface area contributed by atoms with Gasteiger partial charge in [-0.15, -0.1) is 12.4 Å². The topological polar surface area (TPSA) is 76.3 Å². The summed E-state index contributed by atoms with van der Waals surface area (Å²) in [5.41, 5.74) is 4.24. The Balaban J connectivity index is 0.00000264. The number of hydrogen-bond acceptors (Lipinski definition) is 4. The second-order valence-electron chi connectivity index (χ2n) is 6.09. The van der Waals surface area contributed by atoms with Crippen LogP contribution in [0, 0.1) is 5.41 Å². The van der Waals surface area contributed by atoms with Gasteiger partial charge in [0.25, 0.3) is 0 Å². The molecule has 0 amide bonds. The fourth-order valence-electron chi connectivity index (χ4n) is 2.49. The van der Waals surface area contributed by atoms with Crippen LogP contribution in [0.1, 0.15) is 25.8 Å². The van der Waals surface area contributed by atoms with Gasteiger partial charge in [-0.1, -0.05) is 13.8 Å². The van der Waals surface area contributed by atoms with Crippen molar-refractivity contribution in [2.24, 2.45) is 11.1 Å². The molecule has 0 aliphatic carbocycles. The first kappa shape index (κ1) is 20.1. The van der Waals surface area contributed by atoms with E-state index in [1.54, 1.807) is 13.8 Å². The highest BCUT2D eigenvalue weighted by molar-refractivity contribution is 7.89. The summed E-state index contributed by atoms with van der Waals surface area (Å²) < 4.78 is 65.3. The van der Waals surface area contributed by atoms with Gasteiger partial charge in [-0.3, -0.25) is 4.98 Å². The van der Waals surface area contributed by atoms with E-state index >= 15 is 0 Å². The van der Waals surface area contributed by atoms with Gasteiger partial charge in [-0.2, -0.15) is 17.5 Å². The Hall–Kier alpha value is -0.900. The van der Waals surface area contributed by atoms with Crippen LogP contribution in [0.4, 0.5) is 13.2 Å². The lowest BCUT2D eigenvalue weighted by Gasteiger charge is -2.41. The van der Waals surface area contributed by atoms with Gasteiger partial charge in [0.1, 0.15) is 4.90 Å². The number of nitrogens with zero attached hydrogens (tertiary/aromatic N) is 2. The second-order valence-corrected chi connectivity index (χ2v) is 8.00. The number of sulfonamides is 1. The Morgan fingerprint density at radius 3 is 2.52 bits per heavy atom. The van der Waals surface area contributed by atoms with E-state index in [0.717, 1.165) is 16.7 Å². The second kappa shape index (κ2) is 6.54. The third kappa shape index (κ3) is 3.96. The molecule has 0 radical (unpaired) electrons.